The van der Waals surface area contributed by atoms with Crippen molar-refractivity contribution < 1.29 is 4.52 Å². The lowest BCUT2D eigenvalue weighted by Crippen LogP contribution is -2.46. The highest BCUT2D eigenvalue weighted by Gasteiger charge is 2.25. The molecule has 0 aliphatic carbocycles. The highest BCUT2D eigenvalue weighted by molar-refractivity contribution is 7.07. The third-order valence-corrected chi connectivity index (χ3v) is 4.36. The summed E-state index contributed by atoms with van der Waals surface area (Å²) in [4.78, 5) is 13.5. The standard InChI is InChI=1S/C13H19N5OS/c1-10(13-15-11(2)16-19-13)18-5-3-17(4-6-18)7-12-8-20-9-14-12/h8-10H,3-7H2,1-2H3/t10-/m1/s1. The molecule has 2 aromatic heterocycles. The first-order chi connectivity index (χ1) is 9.72. The predicted octanol–water partition coefficient (Wildman–Crippen LogP) is 1.71. The van der Waals surface area contributed by atoms with Gasteiger partial charge < -0.3 is 4.52 Å². The molecule has 0 saturated carbocycles. The first-order valence-electron chi connectivity index (χ1n) is 6.86. The van der Waals surface area contributed by atoms with Gasteiger partial charge in [-0.25, -0.2) is 4.98 Å². The van der Waals surface area contributed by atoms with E-state index in [2.05, 4.69) is 37.2 Å². The summed E-state index contributed by atoms with van der Waals surface area (Å²) in [7, 11) is 0. The van der Waals surface area contributed by atoms with Gasteiger partial charge in [0.15, 0.2) is 5.82 Å². The van der Waals surface area contributed by atoms with Gasteiger partial charge in [-0.1, -0.05) is 5.16 Å². The first-order valence-corrected chi connectivity index (χ1v) is 7.80. The van der Waals surface area contributed by atoms with E-state index in [-0.39, 0.29) is 6.04 Å². The lowest BCUT2D eigenvalue weighted by atomic mass is 10.2. The summed E-state index contributed by atoms with van der Waals surface area (Å²) >= 11 is 1.66. The fraction of sp³-hybridized carbons (Fsp3) is 0.615. The average Bonchev–Trinajstić information content (AvgIpc) is 3.10. The zero-order valence-corrected chi connectivity index (χ0v) is 12.6. The second-order valence-corrected chi connectivity index (χ2v) is 5.87. The predicted molar refractivity (Wildman–Crippen MR) is 76.4 cm³/mol. The van der Waals surface area contributed by atoms with Crippen LogP contribution in [0.4, 0.5) is 0 Å². The highest BCUT2D eigenvalue weighted by atomic mass is 32.1. The molecule has 7 heteroatoms. The molecular formula is C13H19N5OS. The van der Waals surface area contributed by atoms with Crippen LogP contribution in [0.15, 0.2) is 15.4 Å². The molecule has 0 amide bonds. The van der Waals surface area contributed by atoms with Crippen molar-refractivity contribution in [1.82, 2.24) is 24.9 Å². The molecular weight excluding hydrogens is 274 g/mol. The molecule has 108 valence electrons. The largest absolute Gasteiger partial charge is 0.338 e. The number of rotatable bonds is 4. The summed E-state index contributed by atoms with van der Waals surface area (Å²) in [6, 6.07) is 0.192. The molecule has 1 saturated heterocycles. The van der Waals surface area contributed by atoms with Gasteiger partial charge in [-0.2, -0.15) is 4.98 Å². The Hall–Kier alpha value is -1.31. The van der Waals surface area contributed by atoms with Crippen LogP contribution >= 0.6 is 11.3 Å². The van der Waals surface area contributed by atoms with Gasteiger partial charge in [0.2, 0.25) is 5.89 Å². The van der Waals surface area contributed by atoms with Gasteiger partial charge in [0.1, 0.15) is 0 Å². The Balaban J connectivity index is 1.53. The molecule has 0 bridgehead atoms. The van der Waals surface area contributed by atoms with E-state index in [1.807, 2.05) is 12.4 Å². The minimum atomic E-state index is 0.192. The zero-order chi connectivity index (χ0) is 13.9. The second kappa shape index (κ2) is 5.99. The first kappa shape index (κ1) is 13.7. The Labute approximate surface area is 122 Å². The fourth-order valence-corrected chi connectivity index (χ4v) is 3.04. The van der Waals surface area contributed by atoms with Crippen LogP contribution in [0.25, 0.3) is 0 Å². The maximum absolute atomic E-state index is 5.27. The molecule has 1 aliphatic heterocycles. The van der Waals surface area contributed by atoms with E-state index in [4.69, 9.17) is 4.52 Å². The van der Waals surface area contributed by atoms with Crippen molar-refractivity contribution in [1.29, 1.82) is 0 Å². The maximum atomic E-state index is 5.27. The van der Waals surface area contributed by atoms with Crippen LogP contribution in [-0.4, -0.2) is 51.1 Å². The zero-order valence-electron chi connectivity index (χ0n) is 11.8. The van der Waals surface area contributed by atoms with Crippen molar-refractivity contribution in [2.45, 2.75) is 26.4 Å². The van der Waals surface area contributed by atoms with E-state index in [9.17, 15) is 0 Å². The summed E-state index contributed by atoms with van der Waals surface area (Å²) in [6.45, 7) is 9.07. The van der Waals surface area contributed by atoms with Crippen LogP contribution in [0.1, 0.15) is 30.4 Å². The van der Waals surface area contributed by atoms with Gasteiger partial charge >= 0.3 is 0 Å². The molecule has 1 fully saturated rings. The molecule has 1 atom stereocenters. The van der Waals surface area contributed by atoms with Crippen LogP contribution in [0.3, 0.4) is 0 Å². The lowest BCUT2D eigenvalue weighted by Gasteiger charge is -2.36. The topological polar surface area (TPSA) is 58.3 Å². The van der Waals surface area contributed by atoms with Crippen molar-refractivity contribution in [3.63, 3.8) is 0 Å². The van der Waals surface area contributed by atoms with Crippen LogP contribution in [0, 0.1) is 6.92 Å². The quantitative estimate of drug-likeness (QED) is 0.855. The molecule has 0 aromatic carbocycles. The minimum absolute atomic E-state index is 0.192. The van der Waals surface area contributed by atoms with Crippen molar-refractivity contribution in [2.75, 3.05) is 26.2 Å². The van der Waals surface area contributed by atoms with E-state index in [0.29, 0.717) is 5.82 Å². The molecule has 2 aromatic rings. The Morgan fingerprint density at radius 3 is 2.75 bits per heavy atom. The number of nitrogens with zero attached hydrogens (tertiary/aromatic N) is 5. The fourth-order valence-electron chi connectivity index (χ4n) is 2.49. The van der Waals surface area contributed by atoms with Crippen molar-refractivity contribution in [3.05, 3.63) is 28.3 Å². The molecule has 0 N–H and O–H groups in total. The average molecular weight is 293 g/mol. The molecule has 0 radical (unpaired) electrons. The van der Waals surface area contributed by atoms with Gasteiger partial charge in [-0.3, -0.25) is 9.80 Å². The minimum Gasteiger partial charge on any atom is -0.338 e. The summed E-state index contributed by atoms with van der Waals surface area (Å²) in [6.07, 6.45) is 0. The third kappa shape index (κ3) is 3.05. The highest BCUT2D eigenvalue weighted by Crippen LogP contribution is 2.20. The number of piperazine rings is 1. The van der Waals surface area contributed by atoms with Crippen molar-refractivity contribution >= 4 is 11.3 Å². The number of hydrogen-bond donors (Lipinski definition) is 0. The van der Waals surface area contributed by atoms with Gasteiger partial charge in [-0.15, -0.1) is 11.3 Å². The molecule has 0 unspecified atom stereocenters. The Morgan fingerprint density at radius 1 is 1.35 bits per heavy atom. The Bertz CT molecular complexity index is 533. The number of hydrogen-bond acceptors (Lipinski definition) is 7. The SMILES string of the molecule is Cc1noc([C@@H](C)N2CCN(Cc3cscn3)CC2)n1. The summed E-state index contributed by atoms with van der Waals surface area (Å²) in [5.41, 5.74) is 3.06. The van der Waals surface area contributed by atoms with Crippen molar-refractivity contribution in [2.24, 2.45) is 0 Å². The van der Waals surface area contributed by atoms with Gasteiger partial charge in [0.05, 0.1) is 17.2 Å². The van der Waals surface area contributed by atoms with E-state index in [0.717, 1.165) is 38.6 Å². The van der Waals surface area contributed by atoms with E-state index < -0.39 is 0 Å². The van der Waals surface area contributed by atoms with Crippen LogP contribution in [-0.2, 0) is 6.54 Å². The summed E-state index contributed by atoms with van der Waals surface area (Å²) in [5.74, 6) is 1.42. The summed E-state index contributed by atoms with van der Waals surface area (Å²) < 4.78 is 5.27. The lowest BCUT2D eigenvalue weighted by molar-refractivity contribution is 0.0839. The van der Waals surface area contributed by atoms with E-state index in [1.165, 1.54) is 5.69 Å². The third-order valence-electron chi connectivity index (χ3n) is 3.72. The monoisotopic (exact) mass is 293 g/mol. The molecule has 20 heavy (non-hydrogen) atoms. The number of thiazole rings is 1. The van der Waals surface area contributed by atoms with Gasteiger partial charge in [0.25, 0.3) is 0 Å². The Kier molecular flexibility index (Phi) is 4.09. The number of aromatic nitrogens is 3. The van der Waals surface area contributed by atoms with Gasteiger partial charge in [0, 0.05) is 38.1 Å². The molecule has 3 heterocycles. The second-order valence-electron chi connectivity index (χ2n) is 5.15. The number of aryl methyl sites for hydroxylation is 1. The van der Waals surface area contributed by atoms with Gasteiger partial charge in [-0.05, 0) is 13.8 Å². The Morgan fingerprint density at radius 2 is 2.15 bits per heavy atom. The van der Waals surface area contributed by atoms with Crippen LogP contribution in [0.2, 0.25) is 0 Å². The van der Waals surface area contributed by atoms with Crippen LogP contribution in [0.5, 0.6) is 0 Å². The normalized spacial score (nSPS) is 19.3. The van der Waals surface area contributed by atoms with Crippen molar-refractivity contribution in [3.8, 4) is 0 Å². The molecule has 3 rings (SSSR count). The summed E-state index contributed by atoms with van der Waals surface area (Å²) in [5, 5.41) is 5.99. The maximum Gasteiger partial charge on any atom is 0.243 e. The van der Waals surface area contributed by atoms with E-state index >= 15 is 0 Å². The van der Waals surface area contributed by atoms with E-state index in [1.54, 1.807) is 11.3 Å². The smallest absolute Gasteiger partial charge is 0.243 e. The molecule has 0 spiro atoms. The van der Waals surface area contributed by atoms with Crippen LogP contribution < -0.4 is 0 Å². The molecule has 6 nitrogen and oxygen atoms in total. The molecule has 1 aliphatic rings.